The van der Waals surface area contributed by atoms with Gasteiger partial charge >= 0.3 is 0 Å². The zero-order chi connectivity index (χ0) is 17.3. The Morgan fingerprint density at radius 2 is 1.92 bits per heavy atom. The average molecular weight is 327 g/mol. The number of Topliss-reactive ketones (excluding diaryl/α,β-unsaturated/α-hetero) is 1. The predicted molar refractivity (Wildman–Crippen MR) is 90.8 cm³/mol. The molecule has 1 aliphatic carbocycles. The van der Waals surface area contributed by atoms with Gasteiger partial charge in [0.1, 0.15) is 0 Å². The largest absolute Gasteiger partial charge is 0.493 e. The van der Waals surface area contributed by atoms with Crippen molar-refractivity contribution in [2.24, 2.45) is 0 Å². The molecule has 1 aromatic heterocycles. The number of ether oxygens (including phenoxy) is 2. The zero-order valence-electron chi connectivity index (χ0n) is 14.1. The molecule has 0 spiro atoms. The van der Waals surface area contributed by atoms with Crippen molar-refractivity contribution >= 4 is 11.7 Å². The molecular weight excluding hydrogens is 306 g/mol. The van der Waals surface area contributed by atoms with Crippen LogP contribution in [0.15, 0.2) is 18.2 Å². The summed E-state index contributed by atoms with van der Waals surface area (Å²) in [5.41, 5.74) is 8.98. The van der Waals surface area contributed by atoms with Crippen LogP contribution in [-0.2, 0) is 12.8 Å². The first-order valence-electron chi connectivity index (χ1n) is 7.97. The third kappa shape index (κ3) is 2.79. The maximum absolute atomic E-state index is 12.7. The van der Waals surface area contributed by atoms with Gasteiger partial charge in [0.25, 0.3) is 0 Å². The van der Waals surface area contributed by atoms with E-state index in [1.165, 1.54) is 0 Å². The fraction of sp³-hybridized carbons (Fsp3) is 0.389. The van der Waals surface area contributed by atoms with E-state index in [1.807, 2.05) is 25.1 Å². The van der Waals surface area contributed by atoms with Crippen LogP contribution in [0.1, 0.15) is 46.6 Å². The van der Waals surface area contributed by atoms with Gasteiger partial charge in [0.05, 0.1) is 31.2 Å². The van der Waals surface area contributed by atoms with Crippen molar-refractivity contribution < 1.29 is 14.3 Å². The van der Waals surface area contributed by atoms with Crippen molar-refractivity contribution in [3.8, 4) is 11.5 Å². The lowest BCUT2D eigenvalue weighted by Crippen LogP contribution is -2.23. The first-order valence-corrected chi connectivity index (χ1v) is 7.97. The molecule has 3 rings (SSSR count). The number of hydrogen-bond acceptors (Lipinski definition) is 6. The molecule has 1 heterocycles. The van der Waals surface area contributed by atoms with E-state index in [-0.39, 0.29) is 17.6 Å². The fourth-order valence-electron chi connectivity index (χ4n) is 3.28. The smallest absolute Gasteiger partial charge is 0.220 e. The summed E-state index contributed by atoms with van der Waals surface area (Å²) < 4.78 is 10.6. The first-order chi connectivity index (χ1) is 11.6. The van der Waals surface area contributed by atoms with Gasteiger partial charge in [-0.2, -0.15) is 0 Å². The van der Waals surface area contributed by atoms with Gasteiger partial charge in [-0.1, -0.05) is 13.0 Å². The number of aromatic nitrogens is 2. The number of benzene rings is 1. The summed E-state index contributed by atoms with van der Waals surface area (Å²) in [7, 11) is 3.20. The third-order valence-corrected chi connectivity index (χ3v) is 4.44. The molecule has 0 fully saturated rings. The second-order valence-electron chi connectivity index (χ2n) is 5.85. The van der Waals surface area contributed by atoms with Crippen LogP contribution in [0.2, 0.25) is 0 Å². The number of fused-ring (bicyclic) bond motifs is 1. The summed E-state index contributed by atoms with van der Waals surface area (Å²) in [5.74, 6) is 1.68. The molecule has 1 atom stereocenters. The Kier molecular flexibility index (Phi) is 4.38. The number of rotatable bonds is 4. The predicted octanol–water partition coefficient (Wildman–Crippen LogP) is 2.55. The molecule has 0 radical (unpaired) electrons. The van der Waals surface area contributed by atoms with Gasteiger partial charge in [-0.05, 0) is 36.5 Å². The van der Waals surface area contributed by atoms with Crippen LogP contribution in [-0.4, -0.2) is 30.0 Å². The molecular formula is C18H21N3O3. The molecule has 0 saturated carbocycles. The lowest BCUT2D eigenvalue weighted by Gasteiger charge is -2.25. The number of ketones is 1. The normalized spacial score (nSPS) is 16.6. The summed E-state index contributed by atoms with van der Waals surface area (Å²) in [6.07, 6.45) is 1.76. The van der Waals surface area contributed by atoms with Crippen molar-refractivity contribution in [3.63, 3.8) is 0 Å². The summed E-state index contributed by atoms with van der Waals surface area (Å²) in [6.45, 7) is 1.97. The van der Waals surface area contributed by atoms with Gasteiger partial charge in [0.15, 0.2) is 17.3 Å². The van der Waals surface area contributed by atoms with Crippen LogP contribution in [0.3, 0.4) is 0 Å². The van der Waals surface area contributed by atoms with E-state index in [0.29, 0.717) is 36.3 Å². The van der Waals surface area contributed by atoms with Crippen LogP contribution in [0.25, 0.3) is 0 Å². The van der Waals surface area contributed by atoms with Crippen molar-refractivity contribution in [3.05, 3.63) is 40.7 Å². The van der Waals surface area contributed by atoms with E-state index in [2.05, 4.69) is 9.97 Å². The van der Waals surface area contributed by atoms with Crippen LogP contribution in [0, 0.1) is 0 Å². The van der Waals surface area contributed by atoms with Crippen molar-refractivity contribution in [2.75, 3.05) is 20.0 Å². The van der Waals surface area contributed by atoms with E-state index in [0.717, 1.165) is 17.0 Å². The lowest BCUT2D eigenvalue weighted by molar-refractivity contribution is 0.0961. The average Bonchev–Trinajstić information content (AvgIpc) is 2.59. The van der Waals surface area contributed by atoms with E-state index in [1.54, 1.807) is 14.2 Å². The minimum absolute atomic E-state index is 0.0452. The molecule has 24 heavy (non-hydrogen) atoms. The van der Waals surface area contributed by atoms with Gasteiger partial charge < -0.3 is 15.2 Å². The number of nitrogens with two attached hydrogens (primary N) is 1. The molecule has 2 aromatic rings. The molecule has 6 heteroatoms. The van der Waals surface area contributed by atoms with Crippen LogP contribution in [0.4, 0.5) is 5.95 Å². The molecule has 0 bridgehead atoms. The van der Waals surface area contributed by atoms with Gasteiger partial charge in [0, 0.05) is 6.42 Å². The molecule has 2 N–H and O–H groups in total. The Labute approximate surface area is 141 Å². The highest BCUT2D eigenvalue weighted by molar-refractivity contribution is 5.99. The standard InChI is InChI=1S/C18H21N3O3/c1-4-12-17-13(21-18(19)20-12)7-11(8-14(17)22)10-5-6-15(23-2)16(9-10)24-3/h5-6,9,11H,4,7-8H2,1-3H3,(H2,19,20,21)/t11-/m1/s1. The van der Waals surface area contributed by atoms with E-state index in [4.69, 9.17) is 15.2 Å². The van der Waals surface area contributed by atoms with Crippen LogP contribution < -0.4 is 15.2 Å². The molecule has 0 aliphatic heterocycles. The van der Waals surface area contributed by atoms with E-state index >= 15 is 0 Å². The Hall–Kier alpha value is -2.63. The highest BCUT2D eigenvalue weighted by atomic mass is 16.5. The number of nitrogens with zero attached hydrogens (tertiary/aromatic N) is 2. The minimum Gasteiger partial charge on any atom is -0.493 e. The minimum atomic E-state index is 0.0452. The van der Waals surface area contributed by atoms with Gasteiger partial charge in [-0.15, -0.1) is 0 Å². The number of carbonyl (C=O) groups is 1. The van der Waals surface area contributed by atoms with Gasteiger partial charge in [-0.25, -0.2) is 9.97 Å². The molecule has 1 aliphatic rings. The summed E-state index contributed by atoms with van der Waals surface area (Å²) in [5, 5.41) is 0. The highest BCUT2D eigenvalue weighted by Crippen LogP contribution is 2.37. The second-order valence-corrected chi connectivity index (χ2v) is 5.85. The molecule has 6 nitrogen and oxygen atoms in total. The summed E-state index contributed by atoms with van der Waals surface area (Å²) >= 11 is 0. The highest BCUT2D eigenvalue weighted by Gasteiger charge is 2.30. The Morgan fingerprint density at radius 3 is 2.58 bits per heavy atom. The van der Waals surface area contributed by atoms with Crippen LogP contribution in [0.5, 0.6) is 11.5 Å². The first kappa shape index (κ1) is 16.2. The molecule has 0 saturated heterocycles. The Bertz CT molecular complexity index is 789. The molecule has 1 aromatic carbocycles. The topological polar surface area (TPSA) is 87.3 Å². The fourth-order valence-corrected chi connectivity index (χ4v) is 3.28. The van der Waals surface area contributed by atoms with Crippen molar-refractivity contribution in [2.45, 2.75) is 32.1 Å². The molecule has 126 valence electrons. The van der Waals surface area contributed by atoms with Gasteiger partial charge in [-0.3, -0.25) is 4.79 Å². The second kappa shape index (κ2) is 6.47. The Balaban J connectivity index is 1.99. The number of nitrogen functional groups attached to an aromatic ring is 1. The lowest BCUT2D eigenvalue weighted by atomic mass is 9.81. The van der Waals surface area contributed by atoms with Crippen molar-refractivity contribution in [1.29, 1.82) is 0 Å². The summed E-state index contributed by atoms with van der Waals surface area (Å²) in [6, 6.07) is 5.75. The summed E-state index contributed by atoms with van der Waals surface area (Å²) in [4.78, 5) is 21.2. The maximum Gasteiger partial charge on any atom is 0.220 e. The third-order valence-electron chi connectivity index (χ3n) is 4.44. The monoisotopic (exact) mass is 327 g/mol. The maximum atomic E-state index is 12.7. The number of carbonyl (C=O) groups excluding carboxylic acids is 1. The van der Waals surface area contributed by atoms with Crippen LogP contribution >= 0.6 is 0 Å². The number of methoxy groups -OCH3 is 2. The van der Waals surface area contributed by atoms with E-state index in [9.17, 15) is 4.79 Å². The quantitative estimate of drug-likeness (QED) is 0.928. The van der Waals surface area contributed by atoms with Gasteiger partial charge in [0.2, 0.25) is 5.95 Å². The Morgan fingerprint density at radius 1 is 1.17 bits per heavy atom. The number of hydrogen-bond donors (Lipinski definition) is 1. The van der Waals surface area contributed by atoms with E-state index < -0.39 is 0 Å². The zero-order valence-corrected chi connectivity index (χ0v) is 14.1. The van der Waals surface area contributed by atoms with Crippen molar-refractivity contribution in [1.82, 2.24) is 9.97 Å². The number of aryl methyl sites for hydroxylation is 1. The number of anilines is 1. The molecule has 0 amide bonds. The molecule has 0 unspecified atom stereocenters. The SMILES string of the molecule is CCc1nc(N)nc2c1C(=O)C[C@H](c1ccc(OC)c(OC)c1)C2.